The standard InChI is InChI=1S/C23H34BrClN2O5S/c1-22(2,33(26)29)12-16(15-10-18(25)17(24)11-19(15)30-5)14-6-8-27(9-7-14)21(28)20-13-31-23(3,4)32-20/h10-11,14,16,20H,6-9,12-13,26H2,1-5H3/t16-,20-,33?/m1/s1. The van der Waals surface area contributed by atoms with Gasteiger partial charge in [-0.3, -0.25) is 9.93 Å². The molecule has 1 aromatic rings. The summed E-state index contributed by atoms with van der Waals surface area (Å²) in [6.07, 6.45) is 1.66. The Morgan fingerprint density at radius 2 is 2.03 bits per heavy atom. The van der Waals surface area contributed by atoms with Crippen molar-refractivity contribution in [1.29, 1.82) is 0 Å². The molecular formula is C23H34BrClN2O5S. The second-order valence-electron chi connectivity index (χ2n) is 9.86. The Hall–Kier alpha value is -0.710. The molecule has 3 atom stereocenters. The number of amides is 1. The molecule has 0 aromatic heterocycles. The highest BCUT2D eigenvalue weighted by molar-refractivity contribution is 9.10. The summed E-state index contributed by atoms with van der Waals surface area (Å²) < 4.78 is 29.4. The summed E-state index contributed by atoms with van der Waals surface area (Å²) in [5, 5.41) is 6.43. The van der Waals surface area contributed by atoms with Crippen molar-refractivity contribution >= 4 is 44.4 Å². The SMILES string of the molecule is COc1cc(Br)c(Cl)cc1[C@H](CC(C)(C)S(N)=O)C1CCN(C(=O)[C@H]2COC(C)(C)O2)CC1. The van der Waals surface area contributed by atoms with Crippen LogP contribution in [-0.4, -0.2) is 58.5 Å². The van der Waals surface area contributed by atoms with Crippen molar-refractivity contribution in [3.8, 4) is 5.75 Å². The van der Waals surface area contributed by atoms with Crippen LogP contribution in [0.3, 0.4) is 0 Å². The maximum absolute atomic E-state index is 13.0. The van der Waals surface area contributed by atoms with Gasteiger partial charge in [0, 0.05) is 17.6 Å². The molecule has 7 nitrogen and oxygen atoms in total. The van der Waals surface area contributed by atoms with E-state index in [4.69, 9.17) is 31.0 Å². The Labute approximate surface area is 212 Å². The summed E-state index contributed by atoms with van der Waals surface area (Å²) in [4.78, 5) is 14.8. The van der Waals surface area contributed by atoms with E-state index >= 15 is 0 Å². The minimum atomic E-state index is -1.49. The van der Waals surface area contributed by atoms with Gasteiger partial charge in [-0.1, -0.05) is 11.6 Å². The van der Waals surface area contributed by atoms with E-state index < -0.39 is 27.6 Å². The topological polar surface area (TPSA) is 91.1 Å². The van der Waals surface area contributed by atoms with Crippen LogP contribution < -0.4 is 9.88 Å². The average Bonchev–Trinajstić information content (AvgIpc) is 3.13. The van der Waals surface area contributed by atoms with Crippen LogP contribution in [0, 0.1) is 5.92 Å². The molecule has 10 heteroatoms. The Kier molecular flexibility index (Phi) is 8.55. The van der Waals surface area contributed by atoms with Gasteiger partial charge in [-0.2, -0.15) is 0 Å². The molecule has 1 amide bonds. The molecule has 186 valence electrons. The number of nitrogens with zero attached hydrogens (tertiary/aromatic N) is 1. The molecule has 2 heterocycles. The normalized spacial score (nSPS) is 23.4. The molecule has 0 spiro atoms. The number of likely N-dealkylation sites (tertiary alicyclic amines) is 1. The third kappa shape index (κ3) is 6.30. The number of carbonyl (C=O) groups is 1. The Balaban J connectivity index is 1.81. The first-order valence-corrected chi connectivity index (χ1v) is 13.5. The van der Waals surface area contributed by atoms with Gasteiger partial charge in [0.05, 0.1) is 34.5 Å². The van der Waals surface area contributed by atoms with Gasteiger partial charge < -0.3 is 19.1 Å². The highest BCUT2D eigenvalue weighted by Crippen LogP contribution is 2.45. The van der Waals surface area contributed by atoms with Crippen molar-refractivity contribution in [2.75, 3.05) is 26.8 Å². The zero-order valence-corrected chi connectivity index (χ0v) is 23.0. The summed E-state index contributed by atoms with van der Waals surface area (Å²) in [5.74, 6) is 0.246. The maximum atomic E-state index is 13.0. The first kappa shape index (κ1) is 26.9. The first-order chi connectivity index (χ1) is 15.3. The van der Waals surface area contributed by atoms with Crippen LogP contribution in [0.4, 0.5) is 0 Å². The molecule has 2 N–H and O–H groups in total. The highest BCUT2D eigenvalue weighted by Gasteiger charge is 2.41. The summed E-state index contributed by atoms with van der Waals surface area (Å²) >= 11 is 9.92. The van der Waals surface area contributed by atoms with Gasteiger partial charge in [-0.15, -0.1) is 0 Å². The lowest BCUT2D eigenvalue weighted by Gasteiger charge is -2.39. The van der Waals surface area contributed by atoms with E-state index in [1.807, 2.05) is 44.7 Å². The van der Waals surface area contributed by atoms with Crippen molar-refractivity contribution < 1.29 is 23.2 Å². The van der Waals surface area contributed by atoms with Gasteiger partial charge in [0.25, 0.3) is 5.91 Å². The molecule has 2 aliphatic heterocycles. The predicted octanol–water partition coefficient (Wildman–Crippen LogP) is 4.38. The molecule has 3 rings (SSSR count). The number of benzene rings is 1. The summed E-state index contributed by atoms with van der Waals surface area (Å²) in [6.45, 7) is 8.99. The molecule has 1 unspecified atom stereocenters. The minimum Gasteiger partial charge on any atom is -0.496 e. The van der Waals surface area contributed by atoms with Crippen LogP contribution in [-0.2, 0) is 25.3 Å². The minimum absolute atomic E-state index is 0.0234. The van der Waals surface area contributed by atoms with Crippen LogP contribution in [0.2, 0.25) is 5.02 Å². The lowest BCUT2D eigenvalue weighted by atomic mass is 9.75. The van der Waals surface area contributed by atoms with Crippen molar-refractivity contribution in [1.82, 2.24) is 4.90 Å². The van der Waals surface area contributed by atoms with E-state index in [2.05, 4.69) is 15.9 Å². The number of halogens is 2. The van der Waals surface area contributed by atoms with Crippen LogP contribution in [0.1, 0.15) is 58.4 Å². The molecular weight excluding hydrogens is 532 g/mol. The number of piperidine rings is 1. The van der Waals surface area contributed by atoms with Crippen LogP contribution in [0.5, 0.6) is 5.75 Å². The fourth-order valence-corrected chi connectivity index (χ4v) is 5.53. The number of rotatable bonds is 7. The van der Waals surface area contributed by atoms with E-state index in [-0.39, 0.29) is 24.3 Å². The molecule has 33 heavy (non-hydrogen) atoms. The molecule has 1 aromatic carbocycles. The predicted molar refractivity (Wildman–Crippen MR) is 134 cm³/mol. The monoisotopic (exact) mass is 564 g/mol. The summed E-state index contributed by atoms with van der Waals surface area (Å²) in [5.41, 5.74) is 0.975. The fraction of sp³-hybridized carbons (Fsp3) is 0.696. The molecule has 0 saturated carbocycles. The van der Waals surface area contributed by atoms with E-state index in [9.17, 15) is 9.00 Å². The zero-order chi connectivity index (χ0) is 24.6. The van der Waals surface area contributed by atoms with Crippen molar-refractivity contribution in [2.24, 2.45) is 11.1 Å². The Morgan fingerprint density at radius 3 is 2.55 bits per heavy atom. The van der Waals surface area contributed by atoms with E-state index in [0.29, 0.717) is 24.5 Å². The maximum Gasteiger partial charge on any atom is 0.254 e. The fourth-order valence-electron chi connectivity index (χ4n) is 4.69. The van der Waals surface area contributed by atoms with Gasteiger partial charge in [0.15, 0.2) is 11.9 Å². The van der Waals surface area contributed by atoms with E-state index in [1.54, 1.807) is 7.11 Å². The quantitative estimate of drug-likeness (QED) is 0.530. The van der Waals surface area contributed by atoms with Crippen LogP contribution in [0.15, 0.2) is 16.6 Å². The molecule has 2 saturated heterocycles. The lowest BCUT2D eigenvalue weighted by Crippen LogP contribution is -2.46. The molecule has 0 radical (unpaired) electrons. The number of carbonyl (C=O) groups excluding carboxylic acids is 1. The number of hydrogen-bond acceptors (Lipinski definition) is 5. The number of hydrogen-bond donors (Lipinski definition) is 1. The number of nitrogens with two attached hydrogens (primary N) is 1. The van der Waals surface area contributed by atoms with Crippen molar-refractivity contribution in [3.05, 3.63) is 27.2 Å². The van der Waals surface area contributed by atoms with Crippen LogP contribution >= 0.6 is 27.5 Å². The number of ether oxygens (including phenoxy) is 3. The third-order valence-corrected chi connectivity index (χ3v) is 9.09. The Morgan fingerprint density at radius 1 is 1.39 bits per heavy atom. The van der Waals surface area contributed by atoms with E-state index in [0.717, 1.165) is 28.6 Å². The van der Waals surface area contributed by atoms with Crippen LogP contribution in [0.25, 0.3) is 0 Å². The molecule has 2 aliphatic rings. The molecule has 0 aliphatic carbocycles. The lowest BCUT2D eigenvalue weighted by molar-refractivity contribution is -0.161. The highest BCUT2D eigenvalue weighted by atomic mass is 79.9. The summed E-state index contributed by atoms with van der Waals surface area (Å²) in [6, 6.07) is 3.79. The largest absolute Gasteiger partial charge is 0.496 e. The van der Waals surface area contributed by atoms with Gasteiger partial charge in [-0.25, -0.2) is 4.21 Å². The van der Waals surface area contributed by atoms with Gasteiger partial charge in [0.1, 0.15) is 5.75 Å². The molecule has 0 bridgehead atoms. The second kappa shape index (κ2) is 10.5. The summed E-state index contributed by atoms with van der Waals surface area (Å²) in [7, 11) is 0.139. The van der Waals surface area contributed by atoms with Gasteiger partial charge in [-0.05, 0) is 92.4 Å². The zero-order valence-electron chi connectivity index (χ0n) is 19.9. The van der Waals surface area contributed by atoms with Crippen molar-refractivity contribution in [2.45, 2.75) is 69.5 Å². The Bertz CT molecular complexity index is 905. The van der Waals surface area contributed by atoms with Crippen molar-refractivity contribution in [3.63, 3.8) is 0 Å². The second-order valence-corrected chi connectivity index (χ2v) is 12.8. The third-order valence-electron chi connectivity index (χ3n) is 6.63. The number of methoxy groups -OCH3 is 1. The molecule has 2 fully saturated rings. The van der Waals surface area contributed by atoms with E-state index in [1.165, 1.54) is 0 Å². The average molecular weight is 566 g/mol. The van der Waals surface area contributed by atoms with Gasteiger partial charge >= 0.3 is 0 Å². The first-order valence-electron chi connectivity index (χ1n) is 11.1. The van der Waals surface area contributed by atoms with Gasteiger partial charge in [0.2, 0.25) is 0 Å². The smallest absolute Gasteiger partial charge is 0.254 e.